The van der Waals surface area contributed by atoms with Crippen LogP contribution >= 0.6 is 22.9 Å². The van der Waals surface area contributed by atoms with E-state index in [9.17, 15) is 9.90 Å². The molecule has 0 aliphatic heterocycles. The summed E-state index contributed by atoms with van der Waals surface area (Å²) in [5.41, 5.74) is 2.38. The van der Waals surface area contributed by atoms with Crippen molar-refractivity contribution in [2.24, 2.45) is 0 Å². The molecule has 1 aromatic carbocycles. The fourth-order valence-corrected chi connectivity index (χ4v) is 3.54. The molecule has 0 atom stereocenters. The summed E-state index contributed by atoms with van der Waals surface area (Å²) in [5, 5.41) is 21.9. The van der Waals surface area contributed by atoms with Crippen LogP contribution in [0.4, 0.5) is 0 Å². The standard InChI is InChI=1S/C18H14ClN5O2S/c1-2-13-15(17(25)26)16(24(22-13)18-20-8-10-27-18)14-7-9-23(21-14)12-5-3-11(19)4-6-12/h3-10H,2H2,1H3,(H,25,26). The fraction of sp³-hybridized carbons (Fsp3) is 0.111. The normalized spacial score (nSPS) is 11.0. The van der Waals surface area contributed by atoms with E-state index >= 15 is 0 Å². The smallest absolute Gasteiger partial charge is 0.339 e. The zero-order valence-electron chi connectivity index (χ0n) is 14.2. The molecule has 3 heterocycles. The van der Waals surface area contributed by atoms with Crippen LogP contribution in [0.1, 0.15) is 23.0 Å². The highest BCUT2D eigenvalue weighted by molar-refractivity contribution is 7.12. The lowest BCUT2D eigenvalue weighted by Crippen LogP contribution is -2.04. The van der Waals surface area contributed by atoms with Crippen LogP contribution in [-0.2, 0) is 6.42 Å². The second-order valence-electron chi connectivity index (χ2n) is 5.68. The number of thiazole rings is 1. The number of rotatable bonds is 5. The van der Waals surface area contributed by atoms with Crippen LogP contribution in [0, 0.1) is 0 Å². The molecule has 0 aliphatic carbocycles. The lowest BCUT2D eigenvalue weighted by Gasteiger charge is -2.04. The number of aryl methyl sites for hydroxylation is 1. The maximum Gasteiger partial charge on any atom is 0.339 e. The number of carbonyl (C=O) groups is 1. The van der Waals surface area contributed by atoms with Crippen LogP contribution in [0.2, 0.25) is 5.02 Å². The minimum atomic E-state index is -1.04. The maximum atomic E-state index is 12.0. The Labute approximate surface area is 163 Å². The first-order chi connectivity index (χ1) is 13.1. The minimum Gasteiger partial charge on any atom is -0.478 e. The number of carboxylic acids is 1. The molecular formula is C18H14ClN5O2S. The van der Waals surface area contributed by atoms with Crippen molar-refractivity contribution in [3.63, 3.8) is 0 Å². The van der Waals surface area contributed by atoms with Crippen molar-refractivity contribution in [2.75, 3.05) is 0 Å². The van der Waals surface area contributed by atoms with E-state index in [4.69, 9.17) is 11.6 Å². The molecule has 136 valence electrons. The summed E-state index contributed by atoms with van der Waals surface area (Å²) in [6, 6.07) is 8.99. The van der Waals surface area contributed by atoms with Gasteiger partial charge in [0.05, 0.1) is 11.4 Å². The summed E-state index contributed by atoms with van der Waals surface area (Å²) < 4.78 is 3.23. The summed E-state index contributed by atoms with van der Waals surface area (Å²) in [4.78, 5) is 16.2. The number of carboxylic acid groups (broad SMARTS) is 1. The second kappa shape index (κ2) is 6.98. The van der Waals surface area contributed by atoms with Gasteiger partial charge in [0.15, 0.2) is 0 Å². The molecule has 0 unspecified atom stereocenters. The van der Waals surface area contributed by atoms with Crippen molar-refractivity contribution < 1.29 is 9.90 Å². The minimum absolute atomic E-state index is 0.147. The second-order valence-corrected chi connectivity index (χ2v) is 6.99. The summed E-state index contributed by atoms with van der Waals surface area (Å²) >= 11 is 7.32. The van der Waals surface area contributed by atoms with Gasteiger partial charge < -0.3 is 5.11 Å². The molecule has 0 bridgehead atoms. The molecule has 4 rings (SSSR count). The van der Waals surface area contributed by atoms with Crippen molar-refractivity contribution in [1.29, 1.82) is 0 Å². The topological polar surface area (TPSA) is 85.8 Å². The number of aromatic carboxylic acids is 1. The molecule has 0 spiro atoms. The van der Waals surface area contributed by atoms with E-state index in [2.05, 4.69) is 15.2 Å². The number of nitrogens with zero attached hydrogens (tertiary/aromatic N) is 5. The zero-order valence-corrected chi connectivity index (χ0v) is 15.8. The predicted octanol–water partition coefficient (Wildman–Crippen LogP) is 4.10. The van der Waals surface area contributed by atoms with E-state index in [1.54, 1.807) is 40.0 Å². The number of halogens is 1. The van der Waals surface area contributed by atoms with Crippen molar-refractivity contribution in [2.45, 2.75) is 13.3 Å². The third-order valence-electron chi connectivity index (χ3n) is 4.03. The Morgan fingerprint density at radius 1 is 1.22 bits per heavy atom. The van der Waals surface area contributed by atoms with Crippen LogP contribution in [0.15, 0.2) is 48.1 Å². The molecular weight excluding hydrogens is 386 g/mol. The van der Waals surface area contributed by atoms with Gasteiger partial charge in [-0.25, -0.2) is 19.1 Å². The highest BCUT2D eigenvalue weighted by atomic mass is 35.5. The Balaban J connectivity index is 1.89. The molecule has 0 fully saturated rings. The summed E-state index contributed by atoms with van der Waals surface area (Å²) in [7, 11) is 0. The van der Waals surface area contributed by atoms with Gasteiger partial charge in [-0.3, -0.25) is 0 Å². The monoisotopic (exact) mass is 399 g/mol. The molecule has 0 aliphatic rings. The van der Waals surface area contributed by atoms with Crippen LogP contribution < -0.4 is 0 Å². The highest BCUT2D eigenvalue weighted by Crippen LogP contribution is 2.30. The van der Waals surface area contributed by atoms with Gasteiger partial charge in [-0.15, -0.1) is 11.3 Å². The fourth-order valence-electron chi connectivity index (χ4n) is 2.82. The van der Waals surface area contributed by atoms with Gasteiger partial charge in [-0.05, 0) is 36.8 Å². The molecule has 0 saturated heterocycles. The van der Waals surface area contributed by atoms with Gasteiger partial charge in [0.25, 0.3) is 0 Å². The van der Waals surface area contributed by atoms with Gasteiger partial charge in [0.1, 0.15) is 17.0 Å². The average Bonchev–Trinajstić information content (AvgIpc) is 3.39. The molecule has 7 nitrogen and oxygen atoms in total. The van der Waals surface area contributed by atoms with Crippen molar-refractivity contribution >= 4 is 28.9 Å². The number of hydrogen-bond acceptors (Lipinski definition) is 5. The molecule has 4 aromatic rings. The van der Waals surface area contributed by atoms with Crippen LogP contribution in [0.3, 0.4) is 0 Å². The summed E-state index contributed by atoms with van der Waals surface area (Å²) in [6.07, 6.45) is 3.92. The Morgan fingerprint density at radius 2 is 2.00 bits per heavy atom. The SMILES string of the molecule is CCc1nn(-c2nccs2)c(-c2ccn(-c3ccc(Cl)cc3)n2)c1C(=O)O. The molecule has 1 N–H and O–H groups in total. The van der Waals surface area contributed by atoms with E-state index in [0.29, 0.717) is 33.7 Å². The largest absolute Gasteiger partial charge is 0.478 e. The van der Waals surface area contributed by atoms with Crippen LogP contribution in [-0.4, -0.2) is 35.6 Å². The lowest BCUT2D eigenvalue weighted by molar-refractivity contribution is 0.0696. The molecule has 0 saturated carbocycles. The maximum absolute atomic E-state index is 12.0. The van der Waals surface area contributed by atoms with E-state index in [1.165, 1.54) is 11.3 Å². The van der Waals surface area contributed by atoms with Gasteiger partial charge in [0.2, 0.25) is 5.13 Å². The molecule has 9 heteroatoms. The first kappa shape index (κ1) is 17.4. The molecule has 27 heavy (non-hydrogen) atoms. The average molecular weight is 400 g/mol. The van der Waals surface area contributed by atoms with E-state index in [1.807, 2.05) is 24.4 Å². The van der Waals surface area contributed by atoms with E-state index < -0.39 is 5.97 Å². The van der Waals surface area contributed by atoms with Gasteiger partial charge in [0, 0.05) is 22.8 Å². The van der Waals surface area contributed by atoms with Gasteiger partial charge >= 0.3 is 5.97 Å². The van der Waals surface area contributed by atoms with Crippen LogP contribution in [0.25, 0.3) is 22.2 Å². The van der Waals surface area contributed by atoms with E-state index in [-0.39, 0.29) is 5.56 Å². The van der Waals surface area contributed by atoms with Gasteiger partial charge in [-0.2, -0.15) is 10.2 Å². The Hall–Kier alpha value is -2.97. The van der Waals surface area contributed by atoms with E-state index in [0.717, 1.165) is 5.69 Å². The number of benzene rings is 1. The number of hydrogen-bond donors (Lipinski definition) is 1. The third-order valence-corrected chi connectivity index (χ3v) is 5.03. The first-order valence-electron chi connectivity index (χ1n) is 8.15. The van der Waals surface area contributed by atoms with Crippen molar-refractivity contribution in [3.8, 4) is 22.2 Å². The quantitative estimate of drug-likeness (QED) is 0.546. The first-order valence-corrected chi connectivity index (χ1v) is 9.41. The Bertz CT molecular complexity index is 1100. The summed E-state index contributed by atoms with van der Waals surface area (Å²) in [6.45, 7) is 1.87. The molecule has 0 radical (unpaired) electrons. The van der Waals surface area contributed by atoms with Crippen LogP contribution in [0.5, 0.6) is 0 Å². The Kier molecular flexibility index (Phi) is 4.51. The lowest BCUT2D eigenvalue weighted by atomic mass is 10.1. The molecule has 3 aromatic heterocycles. The highest BCUT2D eigenvalue weighted by Gasteiger charge is 2.27. The van der Waals surface area contributed by atoms with Crippen molar-refractivity contribution in [1.82, 2.24) is 24.5 Å². The Morgan fingerprint density at radius 3 is 2.63 bits per heavy atom. The third kappa shape index (κ3) is 3.13. The zero-order chi connectivity index (χ0) is 19.0. The number of aromatic nitrogens is 5. The van der Waals surface area contributed by atoms with Gasteiger partial charge in [-0.1, -0.05) is 18.5 Å². The molecule has 0 amide bonds. The summed E-state index contributed by atoms with van der Waals surface area (Å²) in [5.74, 6) is -1.04. The predicted molar refractivity (Wildman–Crippen MR) is 103 cm³/mol. The van der Waals surface area contributed by atoms with Crippen molar-refractivity contribution in [3.05, 3.63) is 64.4 Å².